The van der Waals surface area contributed by atoms with Gasteiger partial charge in [-0.15, -0.1) is 0 Å². The molecule has 0 aliphatic carbocycles. The highest BCUT2D eigenvalue weighted by atomic mass is 16.2. The molecule has 0 bridgehead atoms. The Balaban J connectivity index is 2.34. The fourth-order valence-corrected chi connectivity index (χ4v) is 1.43. The molecule has 0 fully saturated rings. The van der Waals surface area contributed by atoms with Crippen molar-refractivity contribution in [2.24, 2.45) is 4.99 Å². The summed E-state index contributed by atoms with van der Waals surface area (Å²) in [4.78, 5) is 15.7. The van der Waals surface area contributed by atoms with E-state index in [9.17, 15) is 4.79 Å². The van der Waals surface area contributed by atoms with Gasteiger partial charge in [-0.2, -0.15) is 0 Å². The highest BCUT2D eigenvalue weighted by Gasteiger charge is 2.15. The molecule has 0 spiro atoms. The van der Waals surface area contributed by atoms with Gasteiger partial charge in [0.25, 0.3) is 5.91 Å². The van der Waals surface area contributed by atoms with Crippen LogP contribution in [0.5, 0.6) is 0 Å². The van der Waals surface area contributed by atoms with Gasteiger partial charge in [0, 0.05) is 12.1 Å². The predicted molar refractivity (Wildman–Crippen MR) is 55.6 cm³/mol. The molecule has 1 heterocycles. The van der Waals surface area contributed by atoms with E-state index in [-0.39, 0.29) is 5.91 Å². The van der Waals surface area contributed by atoms with Gasteiger partial charge in [-0.05, 0) is 6.92 Å². The summed E-state index contributed by atoms with van der Waals surface area (Å²) >= 11 is 0. The Kier molecular flexibility index (Phi) is 2.31. The van der Waals surface area contributed by atoms with Crippen LogP contribution in [0.4, 0.5) is 0 Å². The van der Waals surface area contributed by atoms with Crippen molar-refractivity contribution in [1.82, 2.24) is 5.32 Å². The van der Waals surface area contributed by atoms with Crippen LogP contribution in [0.15, 0.2) is 29.3 Å². The minimum Gasteiger partial charge on any atom is -0.349 e. The molecule has 2 rings (SSSR count). The van der Waals surface area contributed by atoms with Crippen LogP contribution < -0.4 is 5.32 Å². The fraction of sp³-hybridized carbons (Fsp3) is 0.273. The smallest absolute Gasteiger partial charge is 0.270 e. The van der Waals surface area contributed by atoms with E-state index in [1.54, 1.807) is 0 Å². The largest absolute Gasteiger partial charge is 0.349 e. The fourth-order valence-electron chi connectivity index (χ4n) is 1.43. The van der Waals surface area contributed by atoms with Crippen LogP contribution in [0.2, 0.25) is 0 Å². The van der Waals surface area contributed by atoms with Crippen molar-refractivity contribution < 1.29 is 4.79 Å². The summed E-state index contributed by atoms with van der Waals surface area (Å²) in [5, 5.41) is 2.78. The second kappa shape index (κ2) is 3.62. The Hall–Kier alpha value is -1.64. The number of carbonyl (C=O) groups excluding carboxylic acids is 1. The van der Waals surface area contributed by atoms with Crippen molar-refractivity contribution in [3.05, 3.63) is 35.4 Å². The zero-order valence-corrected chi connectivity index (χ0v) is 8.08. The monoisotopic (exact) mass is 188 g/mol. The highest BCUT2D eigenvalue weighted by Crippen LogP contribution is 2.06. The Labute approximate surface area is 82.9 Å². The summed E-state index contributed by atoms with van der Waals surface area (Å²) in [6.07, 6.45) is 0. The second-order valence-corrected chi connectivity index (χ2v) is 3.35. The van der Waals surface area contributed by atoms with Crippen LogP contribution in [-0.2, 0) is 4.79 Å². The molecular weight excluding hydrogens is 176 g/mol. The SMILES string of the molecule is Cc1ccc(C2=NCCNC2=O)cc1. The summed E-state index contributed by atoms with van der Waals surface area (Å²) in [6.45, 7) is 3.34. The first-order valence-corrected chi connectivity index (χ1v) is 4.67. The maximum atomic E-state index is 11.4. The number of rotatable bonds is 1. The van der Waals surface area contributed by atoms with Gasteiger partial charge in [0.2, 0.25) is 0 Å². The number of aryl methyl sites for hydroxylation is 1. The lowest BCUT2D eigenvalue weighted by molar-refractivity contribution is -0.114. The van der Waals surface area contributed by atoms with Crippen molar-refractivity contribution in [3.63, 3.8) is 0 Å². The molecule has 72 valence electrons. The van der Waals surface area contributed by atoms with Crippen LogP contribution in [0.25, 0.3) is 0 Å². The molecule has 3 heteroatoms. The lowest BCUT2D eigenvalue weighted by atomic mass is 10.1. The van der Waals surface area contributed by atoms with Gasteiger partial charge in [-0.3, -0.25) is 9.79 Å². The van der Waals surface area contributed by atoms with Crippen molar-refractivity contribution in [1.29, 1.82) is 0 Å². The van der Waals surface area contributed by atoms with Gasteiger partial charge in [0.1, 0.15) is 5.71 Å². The Morgan fingerprint density at radius 1 is 1.29 bits per heavy atom. The van der Waals surface area contributed by atoms with Gasteiger partial charge >= 0.3 is 0 Å². The van der Waals surface area contributed by atoms with Crippen LogP contribution in [0.1, 0.15) is 11.1 Å². The van der Waals surface area contributed by atoms with E-state index in [1.165, 1.54) is 5.56 Å². The number of nitrogens with zero attached hydrogens (tertiary/aromatic N) is 1. The van der Waals surface area contributed by atoms with E-state index < -0.39 is 0 Å². The number of aliphatic imine (C=N–C) groups is 1. The van der Waals surface area contributed by atoms with Crippen molar-refractivity contribution >= 4 is 11.6 Å². The van der Waals surface area contributed by atoms with Crippen molar-refractivity contribution in [3.8, 4) is 0 Å². The molecule has 0 saturated carbocycles. The molecule has 1 aromatic carbocycles. The van der Waals surface area contributed by atoms with Crippen molar-refractivity contribution in [2.75, 3.05) is 13.1 Å². The number of hydrogen-bond donors (Lipinski definition) is 1. The molecule has 1 aliphatic rings. The summed E-state index contributed by atoms with van der Waals surface area (Å²) in [6, 6.07) is 7.83. The molecule has 14 heavy (non-hydrogen) atoms. The summed E-state index contributed by atoms with van der Waals surface area (Å²) in [5.74, 6) is -0.0693. The zero-order chi connectivity index (χ0) is 9.97. The number of carbonyl (C=O) groups is 1. The van der Waals surface area contributed by atoms with E-state index in [1.807, 2.05) is 31.2 Å². The van der Waals surface area contributed by atoms with Crippen molar-refractivity contribution in [2.45, 2.75) is 6.92 Å². The molecule has 1 N–H and O–H groups in total. The zero-order valence-electron chi connectivity index (χ0n) is 8.08. The standard InChI is InChI=1S/C11H12N2O/c1-8-2-4-9(5-3-8)10-11(14)13-7-6-12-10/h2-5H,6-7H2,1H3,(H,13,14). The van der Waals surface area contributed by atoms with Crippen LogP contribution in [0.3, 0.4) is 0 Å². The molecule has 3 nitrogen and oxygen atoms in total. The average Bonchev–Trinajstić information content (AvgIpc) is 2.20. The first-order valence-electron chi connectivity index (χ1n) is 4.67. The molecule has 0 radical (unpaired) electrons. The molecule has 0 atom stereocenters. The number of hydrogen-bond acceptors (Lipinski definition) is 2. The quantitative estimate of drug-likeness (QED) is 0.699. The van der Waals surface area contributed by atoms with E-state index in [4.69, 9.17) is 0 Å². The Bertz CT molecular complexity index is 379. The number of nitrogens with one attached hydrogen (secondary N) is 1. The number of amides is 1. The summed E-state index contributed by atoms with van der Waals surface area (Å²) in [5.41, 5.74) is 2.63. The summed E-state index contributed by atoms with van der Waals surface area (Å²) < 4.78 is 0. The molecule has 1 aliphatic heterocycles. The van der Waals surface area contributed by atoms with Gasteiger partial charge in [0.15, 0.2) is 0 Å². The maximum Gasteiger partial charge on any atom is 0.270 e. The summed E-state index contributed by atoms with van der Waals surface area (Å²) in [7, 11) is 0. The van der Waals surface area contributed by atoms with E-state index >= 15 is 0 Å². The van der Waals surface area contributed by atoms with E-state index in [0.717, 1.165) is 5.56 Å². The van der Waals surface area contributed by atoms with E-state index in [0.29, 0.717) is 18.8 Å². The lowest BCUT2D eigenvalue weighted by Gasteiger charge is -2.12. The van der Waals surface area contributed by atoms with E-state index in [2.05, 4.69) is 10.3 Å². The highest BCUT2D eigenvalue weighted by molar-refractivity contribution is 6.45. The van der Waals surface area contributed by atoms with Gasteiger partial charge < -0.3 is 5.32 Å². The van der Waals surface area contributed by atoms with Gasteiger partial charge in [0.05, 0.1) is 6.54 Å². The predicted octanol–water partition coefficient (Wildman–Crippen LogP) is 0.914. The van der Waals surface area contributed by atoms with Gasteiger partial charge in [-0.25, -0.2) is 0 Å². The first-order chi connectivity index (χ1) is 6.77. The Morgan fingerprint density at radius 3 is 2.64 bits per heavy atom. The first kappa shape index (κ1) is 8.94. The third kappa shape index (κ3) is 1.66. The molecular formula is C11H12N2O. The topological polar surface area (TPSA) is 41.5 Å². The van der Waals surface area contributed by atoms with Crippen LogP contribution in [-0.4, -0.2) is 24.7 Å². The number of benzene rings is 1. The molecule has 0 aromatic heterocycles. The minimum absolute atomic E-state index is 0.0693. The van der Waals surface area contributed by atoms with Gasteiger partial charge in [-0.1, -0.05) is 29.8 Å². The van der Waals surface area contributed by atoms with Crippen LogP contribution >= 0.6 is 0 Å². The Morgan fingerprint density at radius 2 is 2.00 bits per heavy atom. The second-order valence-electron chi connectivity index (χ2n) is 3.35. The minimum atomic E-state index is -0.0693. The average molecular weight is 188 g/mol. The molecule has 1 amide bonds. The molecule has 1 aromatic rings. The maximum absolute atomic E-state index is 11.4. The normalized spacial score (nSPS) is 16.1. The third-order valence-corrected chi connectivity index (χ3v) is 2.21. The van der Waals surface area contributed by atoms with Crippen LogP contribution in [0, 0.1) is 6.92 Å². The third-order valence-electron chi connectivity index (χ3n) is 2.21. The lowest BCUT2D eigenvalue weighted by Crippen LogP contribution is -2.37. The molecule has 0 saturated heterocycles. The molecule has 0 unspecified atom stereocenters.